The number of methoxy groups -OCH3 is 1. The van der Waals surface area contributed by atoms with Crippen molar-refractivity contribution in [3.05, 3.63) is 95.8 Å². The lowest BCUT2D eigenvalue weighted by Gasteiger charge is -2.08. The van der Waals surface area contributed by atoms with Crippen molar-refractivity contribution >= 4 is 6.79 Å². The fourth-order valence-electron chi connectivity index (χ4n) is 2.36. The lowest BCUT2D eigenvalue weighted by Crippen LogP contribution is -1.86. The maximum Gasteiger partial charge on any atom is 0.121 e. The van der Waals surface area contributed by atoms with Crippen LogP contribution in [-0.4, -0.2) is 13.9 Å². The molecule has 0 atom stereocenters. The van der Waals surface area contributed by atoms with E-state index in [0.29, 0.717) is 0 Å². The molecule has 2 aromatic rings. The first-order chi connectivity index (χ1) is 13.5. The van der Waals surface area contributed by atoms with Crippen molar-refractivity contribution in [1.82, 2.24) is 0 Å². The van der Waals surface area contributed by atoms with Crippen LogP contribution >= 0.6 is 0 Å². The molecule has 0 aliphatic carbocycles. The molecule has 2 nitrogen and oxygen atoms in total. The number of aryl methyl sites for hydroxylation is 2. The SMILES string of the molecule is C=C/C=C(OC)\C(C)=C/C.C=O.CC.Cc1ccccc1-c1ccccc1C. The van der Waals surface area contributed by atoms with Crippen molar-refractivity contribution in [2.45, 2.75) is 41.5 Å². The molecule has 0 saturated heterocycles. The van der Waals surface area contributed by atoms with Gasteiger partial charge in [0.1, 0.15) is 12.5 Å². The van der Waals surface area contributed by atoms with Gasteiger partial charge in [0.05, 0.1) is 7.11 Å². The molecule has 0 aliphatic rings. The molecule has 152 valence electrons. The molecule has 0 bridgehead atoms. The van der Waals surface area contributed by atoms with Gasteiger partial charge in [0.25, 0.3) is 0 Å². The summed E-state index contributed by atoms with van der Waals surface area (Å²) < 4.78 is 5.06. The maximum absolute atomic E-state index is 8.00. The largest absolute Gasteiger partial charge is 0.497 e. The molecule has 28 heavy (non-hydrogen) atoms. The standard InChI is InChI=1S/C14H14.C9H14O.C2H6.CH2O/c1-11-7-3-5-9-13(11)14-10-6-4-8-12(14)2;1-5-7-9(10-4)8(3)6-2;2*1-2/h3-10H,1-2H3;5-7H,1H2,2-4H3;1-2H3;1H2/b;8-6-,9-7+;;. The summed E-state index contributed by atoms with van der Waals surface area (Å²) >= 11 is 0. The Labute approximate surface area is 172 Å². The Hall–Kier alpha value is -2.87. The Kier molecular flexibility index (Phi) is 17.1. The highest BCUT2D eigenvalue weighted by Crippen LogP contribution is 2.25. The predicted octanol–water partition coefficient (Wildman–Crippen LogP) is 7.48. The van der Waals surface area contributed by atoms with Crippen LogP contribution in [0, 0.1) is 13.8 Å². The number of ether oxygens (including phenoxy) is 1. The van der Waals surface area contributed by atoms with E-state index in [1.165, 1.54) is 22.3 Å². The average Bonchev–Trinajstić information content (AvgIpc) is 2.76. The molecule has 2 heteroatoms. The van der Waals surface area contributed by atoms with E-state index in [1.807, 2.05) is 46.6 Å². The summed E-state index contributed by atoms with van der Waals surface area (Å²) in [6.07, 6.45) is 5.56. The fraction of sp³-hybridized carbons (Fsp3) is 0.269. The number of allylic oxidation sites excluding steroid dienone is 4. The lowest BCUT2D eigenvalue weighted by atomic mass is 9.97. The van der Waals surface area contributed by atoms with Crippen molar-refractivity contribution in [2.75, 3.05) is 7.11 Å². The van der Waals surface area contributed by atoms with Gasteiger partial charge in [-0.3, -0.25) is 0 Å². The minimum atomic E-state index is 0.873. The second-order valence-electron chi connectivity index (χ2n) is 5.57. The van der Waals surface area contributed by atoms with Gasteiger partial charge in [0.2, 0.25) is 0 Å². The van der Waals surface area contributed by atoms with Crippen LogP contribution in [0.25, 0.3) is 11.1 Å². The van der Waals surface area contributed by atoms with E-state index in [1.54, 1.807) is 13.2 Å². The smallest absolute Gasteiger partial charge is 0.121 e. The van der Waals surface area contributed by atoms with E-state index >= 15 is 0 Å². The van der Waals surface area contributed by atoms with Crippen molar-refractivity contribution in [1.29, 1.82) is 0 Å². The van der Waals surface area contributed by atoms with E-state index in [0.717, 1.165) is 11.3 Å². The lowest BCUT2D eigenvalue weighted by molar-refractivity contribution is -0.0979. The molecule has 0 fully saturated rings. The maximum atomic E-state index is 8.00. The van der Waals surface area contributed by atoms with Gasteiger partial charge in [0.15, 0.2) is 0 Å². The number of benzene rings is 2. The first-order valence-corrected chi connectivity index (χ1v) is 9.45. The molecule has 0 radical (unpaired) electrons. The molecule has 0 unspecified atom stereocenters. The summed E-state index contributed by atoms with van der Waals surface area (Å²) in [5.41, 5.74) is 6.47. The molecule has 0 amide bonds. The monoisotopic (exact) mass is 380 g/mol. The minimum absolute atomic E-state index is 0.873. The summed E-state index contributed by atoms with van der Waals surface area (Å²) in [4.78, 5) is 8.00. The molecule has 0 aliphatic heterocycles. The van der Waals surface area contributed by atoms with Gasteiger partial charge < -0.3 is 9.53 Å². The van der Waals surface area contributed by atoms with Gasteiger partial charge in [-0.1, -0.05) is 81.1 Å². The van der Waals surface area contributed by atoms with Gasteiger partial charge in [-0.2, -0.15) is 0 Å². The number of carbonyl (C=O) groups is 1. The molecular formula is C26H36O2. The Balaban J connectivity index is 0. The topological polar surface area (TPSA) is 26.3 Å². The first kappa shape index (κ1) is 27.3. The third-order valence-corrected chi connectivity index (χ3v) is 3.89. The molecule has 0 saturated carbocycles. The highest BCUT2D eigenvalue weighted by atomic mass is 16.5. The highest BCUT2D eigenvalue weighted by molar-refractivity contribution is 5.70. The highest BCUT2D eigenvalue weighted by Gasteiger charge is 2.02. The second kappa shape index (κ2) is 17.5. The molecule has 2 aromatic carbocycles. The van der Waals surface area contributed by atoms with Crippen LogP contribution in [0.5, 0.6) is 0 Å². The zero-order valence-corrected chi connectivity index (χ0v) is 18.6. The van der Waals surface area contributed by atoms with Crippen molar-refractivity contribution in [3.8, 4) is 11.1 Å². The van der Waals surface area contributed by atoms with Gasteiger partial charge >= 0.3 is 0 Å². The Morgan fingerprint density at radius 1 is 0.893 bits per heavy atom. The van der Waals surface area contributed by atoms with E-state index in [-0.39, 0.29) is 0 Å². The van der Waals surface area contributed by atoms with E-state index in [4.69, 9.17) is 9.53 Å². The first-order valence-electron chi connectivity index (χ1n) is 9.45. The van der Waals surface area contributed by atoms with Gasteiger partial charge in [-0.15, -0.1) is 0 Å². The van der Waals surface area contributed by atoms with E-state index in [9.17, 15) is 0 Å². The molecule has 2 rings (SSSR count). The quantitative estimate of drug-likeness (QED) is 0.406. The van der Waals surface area contributed by atoms with Gasteiger partial charge in [-0.25, -0.2) is 0 Å². The van der Waals surface area contributed by atoms with Crippen molar-refractivity contribution in [3.63, 3.8) is 0 Å². The molecular weight excluding hydrogens is 344 g/mol. The third kappa shape index (κ3) is 9.72. The number of hydrogen-bond donors (Lipinski definition) is 0. The summed E-state index contributed by atoms with van der Waals surface area (Å²) in [6.45, 7) is 17.9. The molecule has 0 aromatic heterocycles. The predicted molar refractivity (Wildman–Crippen MR) is 125 cm³/mol. The molecule has 0 spiro atoms. The Bertz CT molecular complexity index is 696. The Morgan fingerprint density at radius 3 is 1.57 bits per heavy atom. The van der Waals surface area contributed by atoms with Crippen molar-refractivity contribution < 1.29 is 9.53 Å². The van der Waals surface area contributed by atoms with E-state index in [2.05, 4.69) is 69.0 Å². The Morgan fingerprint density at radius 2 is 1.29 bits per heavy atom. The summed E-state index contributed by atoms with van der Waals surface area (Å²) in [5, 5.41) is 0. The second-order valence-corrected chi connectivity index (χ2v) is 5.57. The van der Waals surface area contributed by atoms with Crippen LogP contribution in [0.3, 0.4) is 0 Å². The number of carbonyl (C=O) groups excluding carboxylic acids is 1. The fourth-order valence-corrected chi connectivity index (χ4v) is 2.36. The number of rotatable bonds is 4. The number of hydrogen-bond acceptors (Lipinski definition) is 2. The zero-order chi connectivity index (χ0) is 21.9. The summed E-state index contributed by atoms with van der Waals surface area (Å²) in [6, 6.07) is 17.0. The van der Waals surface area contributed by atoms with Crippen LogP contribution in [0.15, 0.2) is 84.7 Å². The average molecular weight is 381 g/mol. The van der Waals surface area contributed by atoms with Crippen LogP contribution in [0.2, 0.25) is 0 Å². The summed E-state index contributed by atoms with van der Waals surface area (Å²) in [5.74, 6) is 0.873. The van der Waals surface area contributed by atoms with Crippen LogP contribution in [0.4, 0.5) is 0 Å². The van der Waals surface area contributed by atoms with E-state index < -0.39 is 0 Å². The normalized spacial score (nSPS) is 10.1. The van der Waals surface area contributed by atoms with Gasteiger partial charge in [0, 0.05) is 0 Å². The summed E-state index contributed by atoms with van der Waals surface area (Å²) in [7, 11) is 1.66. The van der Waals surface area contributed by atoms with Crippen molar-refractivity contribution in [2.24, 2.45) is 0 Å². The van der Waals surface area contributed by atoms with Crippen LogP contribution in [0.1, 0.15) is 38.8 Å². The molecule has 0 N–H and O–H groups in total. The zero-order valence-electron chi connectivity index (χ0n) is 18.6. The molecule has 0 heterocycles. The van der Waals surface area contributed by atoms with Crippen LogP contribution in [-0.2, 0) is 9.53 Å². The minimum Gasteiger partial charge on any atom is -0.497 e. The van der Waals surface area contributed by atoms with Crippen LogP contribution < -0.4 is 0 Å². The van der Waals surface area contributed by atoms with Gasteiger partial charge in [-0.05, 0) is 61.6 Å². The third-order valence-electron chi connectivity index (χ3n) is 3.89.